The average molecular weight is 257 g/mol. The van der Waals surface area contributed by atoms with Crippen LogP contribution in [0.2, 0.25) is 5.15 Å². The van der Waals surface area contributed by atoms with Gasteiger partial charge in [0.2, 0.25) is 0 Å². The van der Waals surface area contributed by atoms with Crippen molar-refractivity contribution in [3.8, 4) is 11.3 Å². The van der Waals surface area contributed by atoms with Crippen molar-refractivity contribution in [3.05, 3.63) is 58.9 Å². The molecule has 0 saturated heterocycles. The number of aryl methyl sites for hydroxylation is 2. The number of hydrogen-bond donors (Lipinski definition) is 0. The quantitative estimate of drug-likeness (QED) is 0.636. The molecule has 0 unspecified atom stereocenters. The average Bonchev–Trinajstić information content (AvgIpc) is 2.65. The smallest absolute Gasteiger partial charge is 0.156 e. The van der Waals surface area contributed by atoms with E-state index in [1.165, 1.54) is 11.1 Å². The summed E-state index contributed by atoms with van der Waals surface area (Å²) in [5.41, 5.74) is 5.34. The van der Waals surface area contributed by atoms with Crippen molar-refractivity contribution in [2.75, 3.05) is 0 Å². The molecule has 3 aromatic rings. The number of fused-ring (bicyclic) bond motifs is 1. The maximum absolute atomic E-state index is 6.26. The lowest BCUT2D eigenvalue weighted by atomic mass is 10.1. The minimum atomic E-state index is 0.546. The Morgan fingerprint density at radius 3 is 2.44 bits per heavy atom. The van der Waals surface area contributed by atoms with Crippen LogP contribution in [0.15, 0.2) is 42.6 Å². The Balaban J connectivity index is 2.28. The van der Waals surface area contributed by atoms with Crippen molar-refractivity contribution in [2.24, 2.45) is 0 Å². The Morgan fingerprint density at radius 2 is 1.72 bits per heavy atom. The van der Waals surface area contributed by atoms with Crippen LogP contribution >= 0.6 is 11.6 Å². The maximum Gasteiger partial charge on any atom is 0.156 e. The third-order valence-electron chi connectivity index (χ3n) is 3.06. The number of hydrogen-bond acceptors (Lipinski definition) is 1. The summed E-state index contributed by atoms with van der Waals surface area (Å²) in [5.74, 6) is 0. The van der Waals surface area contributed by atoms with Gasteiger partial charge in [0.25, 0.3) is 0 Å². The van der Waals surface area contributed by atoms with Crippen LogP contribution in [0, 0.1) is 13.8 Å². The summed E-state index contributed by atoms with van der Waals surface area (Å²) in [6.07, 6.45) is 2.01. The molecule has 2 aromatic heterocycles. The summed E-state index contributed by atoms with van der Waals surface area (Å²) >= 11 is 6.26. The van der Waals surface area contributed by atoms with Gasteiger partial charge in [0, 0.05) is 11.8 Å². The normalized spacial score (nSPS) is 11.1. The van der Waals surface area contributed by atoms with E-state index in [1.807, 2.05) is 23.6 Å². The largest absolute Gasteiger partial charge is 0.298 e. The second kappa shape index (κ2) is 4.14. The fourth-order valence-corrected chi connectivity index (χ4v) is 2.37. The lowest BCUT2D eigenvalue weighted by Gasteiger charge is -2.03. The molecule has 0 amide bonds. The molecule has 0 aliphatic rings. The lowest BCUT2D eigenvalue weighted by molar-refractivity contribution is 1.17. The van der Waals surface area contributed by atoms with Gasteiger partial charge < -0.3 is 0 Å². The maximum atomic E-state index is 6.26. The third-order valence-corrected chi connectivity index (χ3v) is 3.33. The Hall–Kier alpha value is -1.80. The second-order valence-corrected chi connectivity index (χ2v) is 4.91. The minimum Gasteiger partial charge on any atom is -0.298 e. The van der Waals surface area contributed by atoms with Gasteiger partial charge in [-0.3, -0.25) is 4.40 Å². The third kappa shape index (κ3) is 1.79. The number of imidazole rings is 1. The lowest BCUT2D eigenvalue weighted by Crippen LogP contribution is -1.89. The summed E-state index contributed by atoms with van der Waals surface area (Å²) in [7, 11) is 0. The number of rotatable bonds is 1. The molecule has 90 valence electrons. The minimum absolute atomic E-state index is 0.546. The monoisotopic (exact) mass is 256 g/mol. The molecular formula is C15H13ClN2. The van der Waals surface area contributed by atoms with E-state index in [-0.39, 0.29) is 0 Å². The molecule has 0 aliphatic heterocycles. The molecule has 2 heterocycles. The number of pyridine rings is 1. The second-order valence-electron chi connectivity index (χ2n) is 4.55. The van der Waals surface area contributed by atoms with Crippen molar-refractivity contribution in [3.63, 3.8) is 0 Å². The van der Waals surface area contributed by atoms with Crippen molar-refractivity contribution in [2.45, 2.75) is 13.8 Å². The first kappa shape index (κ1) is 11.3. The summed E-state index contributed by atoms with van der Waals surface area (Å²) in [4.78, 5) is 4.40. The molecule has 0 aliphatic carbocycles. The van der Waals surface area contributed by atoms with Gasteiger partial charge in [0.1, 0.15) is 5.65 Å². The first-order valence-corrected chi connectivity index (χ1v) is 6.24. The summed E-state index contributed by atoms with van der Waals surface area (Å²) in [5, 5.41) is 0.546. The van der Waals surface area contributed by atoms with Gasteiger partial charge >= 0.3 is 0 Å². The molecule has 1 aromatic carbocycles. The van der Waals surface area contributed by atoms with Gasteiger partial charge in [-0.1, -0.05) is 41.4 Å². The van der Waals surface area contributed by atoms with Gasteiger partial charge in [-0.05, 0) is 31.5 Å². The van der Waals surface area contributed by atoms with Crippen LogP contribution in [0.4, 0.5) is 0 Å². The SMILES string of the molecule is Cc1ccc(-c2c(Cl)nc3cc(C)ccn23)cc1. The zero-order valence-corrected chi connectivity index (χ0v) is 11.1. The van der Waals surface area contributed by atoms with Crippen molar-refractivity contribution in [1.82, 2.24) is 9.38 Å². The highest BCUT2D eigenvalue weighted by molar-refractivity contribution is 6.32. The fraction of sp³-hybridized carbons (Fsp3) is 0.133. The van der Waals surface area contributed by atoms with Crippen LogP contribution in [0.3, 0.4) is 0 Å². The molecule has 0 saturated carbocycles. The summed E-state index contributed by atoms with van der Waals surface area (Å²) < 4.78 is 2.03. The summed E-state index contributed by atoms with van der Waals surface area (Å²) in [6, 6.07) is 12.4. The highest BCUT2D eigenvalue weighted by atomic mass is 35.5. The first-order chi connectivity index (χ1) is 8.65. The van der Waals surface area contributed by atoms with Gasteiger partial charge in [-0.25, -0.2) is 4.98 Å². The zero-order chi connectivity index (χ0) is 12.7. The molecule has 0 N–H and O–H groups in total. The van der Waals surface area contributed by atoms with Crippen molar-refractivity contribution >= 4 is 17.2 Å². The van der Waals surface area contributed by atoms with E-state index in [4.69, 9.17) is 11.6 Å². The fourth-order valence-electron chi connectivity index (χ4n) is 2.09. The van der Waals surface area contributed by atoms with Gasteiger partial charge in [0.05, 0.1) is 5.69 Å². The number of aromatic nitrogens is 2. The molecule has 18 heavy (non-hydrogen) atoms. The predicted molar refractivity (Wildman–Crippen MR) is 75.1 cm³/mol. The molecule has 0 spiro atoms. The van der Waals surface area contributed by atoms with Crippen LogP contribution in [0.1, 0.15) is 11.1 Å². The number of nitrogens with zero attached hydrogens (tertiary/aromatic N) is 2. The molecule has 0 atom stereocenters. The molecule has 3 heteroatoms. The molecule has 0 radical (unpaired) electrons. The van der Waals surface area contributed by atoms with Crippen LogP contribution in [-0.2, 0) is 0 Å². The van der Waals surface area contributed by atoms with Crippen LogP contribution < -0.4 is 0 Å². The van der Waals surface area contributed by atoms with Gasteiger partial charge in [0.15, 0.2) is 5.15 Å². The van der Waals surface area contributed by atoms with Gasteiger partial charge in [-0.15, -0.1) is 0 Å². The van der Waals surface area contributed by atoms with E-state index in [0.717, 1.165) is 16.9 Å². The Labute approximate surface area is 111 Å². The standard InChI is InChI=1S/C15H13ClN2/c1-10-3-5-12(6-4-10)14-15(16)17-13-9-11(2)7-8-18(13)14/h3-9H,1-2H3. The highest BCUT2D eigenvalue weighted by Gasteiger charge is 2.11. The molecule has 0 fully saturated rings. The molecular weight excluding hydrogens is 244 g/mol. The first-order valence-electron chi connectivity index (χ1n) is 5.86. The number of halogens is 1. The topological polar surface area (TPSA) is 17.3 Å². The number of benzene rings is 1. The molecule has 0 bridgehead atoms. The Bertz CT molecular complexity index is 711. The van der Waals surface area contributed by atoms with Crippen LogP contribution in [-0.4, -0.2) is 9.38 Å². The van der Waals surface area contributed by atoms with E-state index in [2.05, 4.69) is 42.2 Å². The zero-order valence-electron chi connectivity index (χ0n) is 10.3. The van der Waals surface area contributed by atoms with E-state index in [1.54, 1.807) is 0 Å². The van der Waals surface area contributed by atoms with E-state index < -0.39 is 0 Å². The highest BCUT2D eigenvalue weighted by Crippen LogP contribution is 2.29. The van der Waals surface area contributed by atoms with Crippen molar-refractivity contribution in [1.29, 1.82) is 0 Å². The van der Waals surface area contributed by atoms with E-state index in [0.29, 0.717) is 5.15 Å². The molecule has 3 rings (SSSR count). The molecule has 2 nitrogen and oxygen atoms in total. The van der Waals surface area contributed by atoms with E-state index >= 15 is 0 Å². The van der Waals surface area contributed by atoms with Crippen LogP contribution in [0.25, 0.3) is 16.9 Å². The predicted octanol–water partition coefficient (Wildman–Crippen LogP) is 4.27. The van der Waals surface area contributed by atoms with Gasteiger partial charge in [-0.2, -0.15) is 0 Å². The summed E-state index contributed by atoms with van der Waals surface area (Å²) in [6.45, 7) is 4.12. The van der Waals surface area contributed by atoms with Crippen molar-refractivity contribution < 1.29 is 0 Å². The van der Waals surface area contributed by atoms with Crippen LogP contribution in [0.5, 0.6) is 0 Å². The van der Waals surface area contributed by atoms with E-state index in [9.17, 15) is 0 Å². The Kier molecular flexibility index (Phi) is 2.60. The Morgan fingerprint density at radius 1 is 1.00 bits per heavy atom.